The van der Waals surface area contributed by atoms with Crippen molar-refractivity contribution in [1.82, 2.24) is 0 Å². The Hall–Kier alpha value is -0.830. The Labute approximate surface area is 181 Å². The summed E-state index contributed by atoms with van der Waals surface area (Å²) in [6, 6.07) is 0. The van der Waals surface area contributed by atoms with E-state index in [1.807, 2.05) is 0 Å². The van der Waals surface area contributed by atoms with Gasteiger partial charge in [0.15, 0.2) is 5.78 Å². The maximum absolute atomic E-state index is 12.4. The van der Waals surface area contributed by atoms with Crippen molar-refractivity contribution in [3.63, 3.8) is 0 Å². The van der Waals surface area contributed by atoms with Crippen molar-refractivity contribution in [3.8, 4) is 0 Å². The number of hydrogen-bond donors (Lipinski definition) is 0. The highest BCUT2D eigenvalue weighted by Gasteiger charge is 2.60. The number of ether oxygens (including phenoxy) is 1. The molecule has 3 fully saturated rings. The SMILES string of the molecule is CCCCCC(=O)O[C@H]1CC[C@H]2C3CCC4=C(Cl)C(=O)CC[C@]4(C)[C@H]3CC[C@]12C. The largest absolute Gasteiger partial charge is 0.462 e. The molecule has 0 aliphatic heterocycles. The van der Waals surface area contributed by atoms with Crippen LogP contribution in [-0.2, 0) is 14.3 Å². The number of unbranched alkanes of at least 4 members (excludes halogenated alkanes) is 2. The van der Waals surface area contributed by atoms with E-state index in [0.717, 1.165) is 51.4 Å². The molecule has 6 atom stereocenters. The number of allylic oxidation sites excluding steroid dienone is 1. The zero-order chi connectivity index (χ0) is 20.8. The molecule has 29 heavy (non-hydrogen) atoms. The fourth-order valence-corrected chi connectivity index (χ4v) is 7.94. The highest BCUT2D eigenvalue weighted by molar-refractivity contribution is 6.43. The van der Waals surface area contributed by atoms with Crippen LogP contribution in [0.5, 0.6) is 0 Å². The lowest BCUT2D eigenvalue weighted by molar-refractivity contribution is -0.160. The molecule has 0 aromatic heterocycles. The van der Waals surface area contributed by atoms with Crippen LogP contribution >= 0.6 is 11.6 Å². The molecule has 4 heteroatoms. The van der Waals surface area contributed by atoms with Crippen LogP contribution in [-0.4, -0.2) is 17.9 Å². The van der Waals surface area contributed by atoms with Gasteiger partial charge in [-0.1, -0.05) is 45.2 Å². The van der Waals surface area contributed by atoms with Gasteiger partial charge in [0.05, 0.1) is 5.03 Å². The molecule has 0 amide bonds. The first-order valence-corrected chi connectivity index (χ1v) is 12.3. The predicted molar refractivity (Wildman–Crippen MR) is 116 cm³/mol. The molecule has 3 nitrogen and oxygen atoms in total. The van der Waals surface area contributed by atoms with E-state index >= 15 is 0 Å². The van der Waals surface area contributed by atoms with Gasteiger partial charge in [-0.2, -0.15) is 0 Å². The maximum Gasteiger partial charge on any atom is 0.306 e. The molecule has 3 saturated carbocycles. The normalized spacial score (nSPS) is 41.6. The summed E-state index contributed by atoms with van der Waals surface area (Å²) in [7, 11) is 0. The Bertz CT molecular complexity index is 713. The molecular weight excluding hydrogens is 384 g/mol. The van der Waals surface area contributed by atoms with Crippen molar-refractivity contribution < 1.29 is 14.3 Å². The van der Waals surface area contributed by atoms with Gasteiger partial charge in [-0.3, -0.25) is 9.59 Å². The maximum atomic E-state index is 12.4. The summed E-state index contributed by atoms with van der Waals surface area (Å²) in [5.74, 6) is 2.07. The monoisotopic (exact) mass is 420 g/mol. The zero-order valence-electron chi connectivity index (χ0n) is 18.4. The second-order valence-electron chi connectivity index (χ2n) is 10.6. The Balaban J connectivity index is 1.50. The second kappa shape index (κ2) is 8.02. The van der Waals surface area contributed by atoms with Crippen LogP contribution in [0, 0.1) is 28.6 Å². The quantitative estimate of drug-likeness (QED) is 0.372. The van der Waals surface area contributed by atoms with Crippen LogP contribution in [0.15, 0.2) is 10.6 Å². The zero-order valence-corrected chi connectivity index (χ0v) is 19.2. The summed E-state index contributed by atoms with van der Waals surface area (Å²) in [6.07, 6.45) is 12.0. The first-order chi connectivity index (χ1) is 13.8. The van der Waals surface area contributed by atoms with E-state index in [2.05, 4.69) is 20.8 Å². The highest BCUT2D eigenvalue weighted by Crippen LogP contribution is 2.66. The van der Waals surface area contributed by atoms with Gasteiger partial charge < -0.3 is 4.74 Å². The molecule has 0 bridgehead atoms. The number of carbonyl (C=O) groups excluding carboxylic acids is 2. The van der Waals surface area contributed by atoms with E-state index in [9.17, 15) is 9.59 Å². The molecule has 4 aliphatic carbocycles. The molecule has 0 N–H and O–H groups in total. The standard InChI is InChI=1S/C25H37ClO3/c1-4-5-6-7-22(28)29-21-11-10-17-16-8-9-19-23(26)20(27)13-15-24(19,2)18(16)12-14-25(17,21)3/h16-18,21H,4-15H2,1-3H3/t16?,17-,18-,21-,24+,25-/m0/s1. The minimum Gasteiger partial charge on any atom is -0.462 e. The lowest BCUT2D eigenvalue weighted by Gasteiger charge is -2.58. The summed E-state index contributed by atoms with van der Waals surface area (Å²) in [4.78, 5) is 24.6. The summed E-state index contributed by atoms with van der Waals surface area (Å²) in [6.45, 7) is 6.92. The lowest BCUT2D eigenvalue weighted by Crippen LogP contribution is -2.52. The minimum atomic E-state index is 0.00542. The number of halogens is 1. The Kier molecular flexibility index (Phi) is 5.92. The summed E-state index contributed by atoms with van der Waals surface area (Å²) < 4.78 is 6.06. The Morgan fingerprint density at radius 2 is 1.86 bits per heavy atom. The van der Waals surface area contributed by atoms with Crippen molar-refractivity contribution in [3.05, 3.63) is 10.6 Å². The number of fused-ring (bicyclic) bond motifs is 5. The molecule has 0 saturated heterocycles. The van der Waals surface area contributed by atoms with E-state index in [0.29, 0.717) is 35.6 Å². The molecule has 1 unspecified atom stereocenters. The predicted octanol–water partition coefficient (Wildman–Crippen LogP) is 6.58. The van der Waals surface area contributed by atoms with E-state index in [-0.39, 0.29) is 28.7 Å². The van der Waals surface area contributed by atoms with Crippen LogP contribution in [0.2, 0.25) is 0 Å². The van der Waals surface area contributed by atoms with Crippen molar-refractivity contribution >= 4 is 23.4 Å². The first kappa shape index (κ1) is 21.4. The van der Waals surface area contributed by atoms with E-state index in [4.69, 9.17) is 16.3 Å². The highest BCUT2D eigenvalue weighted by atomic mass is 35.5. The van der Waals surface area contributed by atoms with Crippen molar-refractivity contribution in [2.45, 2.75) is 104 Å². The topological polar surface area (TPSA) is 43.4 Å². The Morgan fingerprint density at radius 1 is 1.07 bits per heavy atom. The molecule has 4 rings (SSSR count). The molecule has 4 aliphatic rings. The molecule has 0 radical (unpaired) electrons. The van der Waals surface area contributed by atoms with Crippen molar-refractivity contribution in [2.75, 3.05) is 0 Å². The fourth-order valence-electron chi connectivity index (χ4n) is 7.53. The van der Waals surface area contributed by atoms with Gasteiger partial charge in [-0.25, -0.2) is 0 Å². The minimum absolute atomic E-state index is 0.00542. The average Bonchev–Trinajstić information content (AvgIpc) is 3.02. The van der Waals surface area contributed by atoms with Gasteiger partial charge in [0.1, 0.15) is 6.10 Å². The third-order valence-corrected chi connectivity index (χ3v) is 9.66. The lowest BCUT2D eigenvalue weighted by atomic mass is 9.47. The number of ketones is 1. The van der Waals surface area contributed by atoms with Crippen LogP contribution in [0.1, 0.15) is 97.8 Å². The first-order valence-electron chi connectivity index (χ1n) is 11.9. The van der Waals surface area contributed by atoms with Crippen LogP contribution < -0.4 is 0 Å². The van der Waals surface area contributed by atoms with E-state index in [1.165, 1.54) is 18.4 Å². The molecule has 0 heterocycles. The van der Waals surface area contributed by atoms with Gasteiger partial charge in [0.25, 0.3) is 0 Å². The van der Waals surface area contributed by atoms with Gasteiger partial charge in [-0.05, 0) is 80.1 Å². The number of rotatable bonds is 5. The molecular formula is C25H37ClO3. The summed E-state index contributed by atoms with van der Waals surface area (Å²) in [5, 5.41) is 0.552. The molecule has 0 aromatic carbocycles. The van der Waals surface area contributed by atoms with E-state index < -0.39 is 0 Å². The number of carbonyl (C=O) groups is 2. The number of hydrogen-bond acceptors (Lipinski definition) is 3. The third kappa shape index (κ3) is 3.50. The average molecular weight is 421 g/mol. The number of esters is 1. The van der Waals surface area contributed by atoms with Gasteiger partial charge >= 0.3 is 5.97 Å². The van der Waals surface area contributed by atoms with Crippen LogP contribution in [0.4, 0.5) is 0 Å². The Morgan fingerprint density at radius 3 is 2.62 bits per heavy atom. The summed E-state index contributed by atoms with van der Waals surface area (Å²) in [5.41, 5.74) is 1.45. The summed E-state index contributed by atoms with van der Waals surface area (Å²) >= 11 is 6.51. The van der Waals surface area contributed by atoms with Gasteiger partial charge in [0, 0.05) is 18.3 Å². The van der Waals surface area contributed by atoms with Crippen LogP contribution in [0.3, 0.4) is 0 Å². The molecule has 0 spiro atoms. The third-order valence-electron chi connectivity index (χ3n) is 9.22. The van der Waals surface area contributed by atoms with Gasteiger partial charge in [0.2, 0.25) is 0 Å². The van der Waals surface area contributed by atoms with Gasteiger partial charge in [-0.15, -0.1) is 0 Å². The number of Topliss-reactive ketones (excluding diaryl/α,β-unsaturated/α-hetero) is 1. The van der Waals surface area contributed by atoms with E-state index in [1.54, 1.807) is 0 Å². The second-order valence-corrected chi connectivity index (χ2v) is 11.0. The molecule has 0 aromatic rings. The van der Waals surface area contributed by atoms with Crippen LogP contribution in [0.25, 0.3) is 0 Å². The van der Waals surface area contributed by atoms with Crippen molar-refractivity contribution in [2.24, 2.45) is 28.6 Å². The molecule has 162 valence electrons. The smallest absolute Gasteiger partial charge is 0.306 e. The fraction of sp³-hybridized carbons (Fsp3) is 0.840. The van der Waals surface area contributed by atoms with Crippen molar-refractivity contribution in [1.29, 1.82) is 0 Å².